The first kappa shape index (κ1) is 26.7. The summed E-state index contributed by atoms with van der Waals surface area (Å²) in [6.45, 7) is 8.59. The number of rotatable bonds is 8. The predicted molar refractivity (Wildman–Crippen MR) is 153 cm³/mol. The van der Waals surface area contributed by atoms with Gasteiger partial charge >= 0.3 is 0 Å². The Hall–Kier alpha value is -2.85. The number of hydrogen-bond donors (Lipinski definition) is 1. The van der Waals surface area contributed by atoms with E-state index in [0.29, 0.717) is 42.4 Å². The van der Waals surface area contributed by atoms with Crippen molar-refractivity contribution in [1.82, 2.24) is 15.0 Å². The summed E-state index contributed by atoms with van der Waals surface area (Å²) >= 11 is 0. The van der Waals surface area contributed by atoms with E-state index >= 15 is 4.39 Å². The van der Waals surface area contributed by atoms with Crippen molar-refractivity contribution < 1.29 is 13.3 Å². The third-order valence-corrected chi connectivity index (χ3v) is 8.54. The van der Waals surface area contributed by atoms with Gasteiger partial charge in [0.05, 0.1) is 12.6 Å². The van der Waals surface area contributed by atoms with Crippen LogP contribution in [0.1, 0.15) is 38.7 Å². The Morgan fingerprint density at radius 1 is 1.18 bits per heavy atom. The molecule has 2 saturated heterocycles. The number of halogens is 1. The van der Waals surface area contributed by atoms with Gasteiger partial charge in [-0.3, -0.25) is 4.21 Å². The van der Waals surface area contributed by atoms with Crippen LogP contribution in [0.5, 0.6) is 0 Å². The summed E-state index contributed by atoms with van der Waals surface area (Å²) < 4.78 is 32.0. The largest absolute Gasteiger partial charge is 0.378 e. The first-order valence-corrected chi connectivity index (χ1v) is 14.9. The quantitative estimate of drug-likeness (QED) is 0.442. The maximum atomic E-state index is 15.1. The Kier molecular flexibility index (Phi) is 7.55. The number of alkyl halides is 1. The molecule has 1 N–H and O–H groups in total. The monoisotopic (exact) mass is 540 g/mol. The average molecular weight is 541 g/mol. The zero-order valence-electron chi connectivity index (χ0n) is 22.8. The SMILES string of the molecule is CO[C@@H]1CCN(c2nccc(Nc3cc4c(C(C)C)ccc(N5CC(C[S@@](C)=O)C5)c4cn3)n2)C[C@]1(C)F. The molecule has 4 heterocycles. The van der Waals surface area contributed by atoms with Crippen LogP contribution in [0.15, 0.2) is 36.7 Å². The van der Waals surface area contributed by atoms with E-state index in [-0.39, 0.29) is 6.54 Å². The number of nitrogens with one attached hydrogen (secondary N) is 1. The summed E-state index contributed by atoms with van der Waals surface area (Å²) in [7, 11) is 0.785. The van der Waals surface area contributed by atoms with Crippen molar-refractivity contribution in [3.63, 3.8) is 0 Å². The molecule has 2 aliphatic heterocycles. The standard InChI is InChI=1S/C28H37FN6O2S/c1-18(2)20-6-7-23(35-14-19(15-35)16-38(5)36)22-13-31-26(12-21(20)22)32-25-8-10-30-27(33-25)34-11-9-24(37-4)28(3,29)17-34/h6-8,10,12-13,18-19,24H,9,11,14-17H2,1-5H3,(H,30,31,32,33)/t24-,28+,38-/m1/s1. The van der Waals surface area contributed by atoms with Gasteiger partial charge in [0.15, 0.2) is 5.67 Å². The zero-order chi connectivity index (χ0) is 27.0. The number of aromatic nitrogens is 3. The van der Waals surface area contributed by atoms with Gasteiger partial charge in [0.2, 0.25) is 5.95 Å². The number of hydrogen-bond acceptors (Lipinski definition) is 8. The van der Waals surface area contributed by atoms with E-state index in [1.165, 1.54) is 11.3 Å². The fraction of sp³-hybridized carbons (Fsp3) is 0.536. The van der Waals surface area contributed by atoms with Crippen LogP contribution in [0.25, 0.3) is 10.8 Å². The lowest BCUT2D eigenvalue weighted by molar-refractivity contribution is -0.0381. The molecule has 0 unspecified atom stereocenters. The Morgan fingerprint density at radius 2 is 1.97 bits per heavy atom. The molecule has 0 aliphatic carbocycles. The zero-order valence-corrected chi connectivity index (χ0v) is 23.6. The minimum atomic E-state index is -1.48. The van der Waals surface area contributed by atoms with E-state index in [1.54, 1.807) is 32.6 Å². The van der Waals surface area contributed by atoms with Gasteiger partial charge in [-0.1, -0.05) is 19.9 Å². The van der Waals surface area contributed by atoms with E-state index in [0.717, 1.165) is 29.6 Å². The summed E-state index contributed by atoms with van der Waals surface area (Å²) in [5.74, 6) is 3.36. The summed E-state index contributed by atoms with van der Waals surface area (Å²) in [6.07, 6.45) is 5.53. The summed E-state index contributed by atoms with van der Waals surface area (Å²) in [5, 5.41) is 5.60. The van der Waals surface area contributed by atoms with Gasteiger partial charge in [0.1, 0.15) is 11.6 Å². The molecule has 1 aromatic carbocycles. The third-order valence-electron chi connectivity index (χ3n) is 7.60. The van der Waals surface area contributed by atoms with Crippen molar-refractivity contribution in [2.75, 3.05) is 60.4 Å². The van der Waals surface area contributed by atoms with Crippen LogP contribution in [0, 0.1) is 5.92 Å². The molecular formula is C28H37FN6O2S. The Morgan fingerprint density at radius 3 is 2.66 bits per heavy atom. The Labute approximate surface area is 226 Å². The molecule has 2 fully saturated rings. The molecule has 0 radical (unpaired) electrons. The molecule has 38 heavy (non-hydrogen) atoms. The minimum Gasteiger partial charge on any atom is -0.378 e. The number of anilines is 4. The normalized spacial score (nSPS) is 23.1. The number of ether oxygens (including phenoxy) is 1. The molecule has 10 heteroatoms. The topological polar surface area (TPSA) is 83.5 Å². The van der Waals surface area contributed by atoms with Crippen molar-refractivity contribution in [3.05, 3.63) is 42.2 Å². The number of nitrogens with zero attached hydrogens (tertiary/aromatic N) is 5. The molecule has 2 aliphatic rings. The van der Waals surface area contributed by atoms with Crippen LogP contribution in [-0.4, -0.2) is 76.2 Å². The highest BCUT2D eigenvalue weighted by atomic mass is 32.2. The van der Waals surface area contributed by atoms with Gasteiger partial charge in [0, 0.05) is 78.9 Å². The number of methoxy groups -OCH3 is 1. The Balaban J connectivity index is 1.38. The van der Waals surface area contributed by atoms with Crippen molar-refractivity contribution >= 4 is 44.8 Å². The minimum absolute atomic E-state index is 0.176. The van der Waals surface area contributed by atoms with Crippen molar-refractivity contribution in [2.24, 2.45) is 5.92 Å². The van der Waals surface area contributed by atoms with Crippen molar-refractivity contribution in [3.8, 4) is 0 Å². The highest BCUT2D eigenvalue weighted by Gasteiger charge is 2.41. The van der Waals surface area contributed by atoms with Gasteiger partial charge in [-0.25, -0.2) is 14.4 Å². The van der Waals surface area contributed by atoms with Crippen molar-refractivity contribution in [2.45, 2.75) is 44.9 Å². The molecule has 2 aromatic heterocycles. The predicted octanol–water partition coefficient (Wildman–Crippen LogP) is 4.66. The first-order valence-electron chi connectivity index (χ1n) is 13.2. The second kappa shape index (κ2) is 10.7. The van der Waals surface area contributed by atoms with E-state index in [1.807, 2.05) is 11.1 Å². The van der Waals surface area contributed by atoms with E-state index in [2.05, 4.69) is 52.2 Å². The fourth-order valence-corrected chi connectivity index (χ4v) is 6.54. The van der Waals surface area contributed by atoms with Crippen LogP contribution in [-0.2, 0) is 15.5 Å². The van der Waals surface area contributed by atoms with Crippen LogP contribution < -0.4 is 15.1 Å². The molecule has 0 bridgehead atoms. The molecule has 204 valence electrons. The highest BCUT2D eigenvalue weighted by molar-refractivity contribution is 7.84. The van der Waals surface area contributed by atoms with E-state index in [9.17, 15) is 4.21 Å². The lowest BCUT2D eigenvalue weighted by atomic mass is 9.93. The smallest absolute Gasteiger partial charge is 0.227 e. The molecule has 3 aromatic rings. The number of fused-ring (bicyclic) bond motifs is 1. The van der Waals surface area contributed by atoms with E-state index in [4.69, 9.17) is 9.72 Å². The first-order chi connectivity index (χ1) is 18.1. The van der Waals surface area contributed by atoms with Gasteiger partial charge < -0.3 is 19.9 Å². The molecule has 5 rings (SSSR count). The molecule has 0 saturated carbocycles. The second-order valence-electron chi connectivity index (χ2n) is 11.0. The van der Waals surface area contributed by atoms with Crippen LogP contribution in [0.4, 0.5) is 27.7 Å². The van der Waals surface area contributed by atoms with Crippen LogP contribution in [0.2, 0.25) is 0 Å². The molecular weight excluding hydrogens is 503 g/mol. The van der Waals surface area contributed by atoms with Gasteiger partial charge in [0.25, 0.3) is 0 Å². The summed E-state index contributed by atoms with van der Waals surface area (Å²) in [5.41, 5.74) is 0.946. The van der Waals surface area contributed by atoms with Gasteiger partial charge in [-0.2, -0.15) is 4.98 Å². The maximum Gasteiger partial charge on any atom is 0.227 e. The maximum absolute atomic E-state index is 15.1. The number of benzene rings is 1. The lowest BCUT2D eigenvalue weighted by Crippen LogP contribution is -2.53. The molecule has 0 spiro atoms. The number of pyridine rings is 1. The third kappa shape index (κ3) is 5.47. The molecule has 0 amide bonds. The summed E-state index contributed by atoms with van der Waals surface area (Å²) in [4.78, 5) is 18.0. The second-order valence-corrected chi connectivity index (χ2v) is 12.5. The number of piperidine rings is 1. The molecule has 8 nitrogen and oxygen atoms in total. The average Bonchev–Trinajstić information content (AvgIpc) is 2.84. The van der Waals surface area contributed by atoms with Gasteiger partial charge in [-0.15, -0.1) is 0 Å². The lowest BCUT2D eigenvalue weighted by Gasteiger charge is -2.41. The highest BCUT2D eigenvalue weighted by Crippen LogP contribution is 2.37. The van der Waals surface area contributed by atoms with Crippen LogP contribution in [0.3, 0.4) is 0 Å². The van der Waals surface area contributed by atoms with Crippen LogP contribution >= 0.6 is 0 Å². The van der Waals surface area contributed by atoms with E-state index < -0.39 is 22.6 Å². The Bertz CT molecular complexity index is 1330. The van der Waals surface area contributed by atoms with Crippen molar-refractivity contribution in [1.29, 1.82) is 0 Å². The molecule has 3 atom stereocenters. The summed E-state index contributed by atoms with van der Waals surface area (Å²) in [6, 6.07) is 8.27. The van der Waals surface area contributed by atoms with Gasteiger partial charge in [-0.05, 0) is 48.4 Å². The fourth-order valence-electron chi connectivity index (χ4n) is 5.66.